The van der Waals surface area contributed by atoms with Crippen LogP contribution in [0.2, 0.25) is 0 Å². The predicted octanol–water partition coefficient (Wildman–Crippen LogP) is 34.5. The lowest BCUT2D eigenvalue weighted by atomic mass is 9.81. The van der Waals surface area contributed by atoms with Crippen molar-refractivity contribution in [1.82, 2.24) is 18.3 Å². The Balaban J connectivity index is 0.000000137. The summed E-state index contributed by atoms with van der Waals surface area (Å²) < 4.78 is 9.84. The molecular formula is C130H94N4. The second kappa shape index (κ2) is 28.7. The highest BCUT2D eigenvalue weighted by molar-refractivity contribution is 6.16. The van der Waals surface area contributed by atoms with Crippen LogP contribution in [0.3, 0.4) is 0 Å². The van der Waals surface area contributed by atoms with Gasteiger partial charge in [-0.15, -0.1) is 0 Å². The summed E-state index contributed by atoms with van der Waals surface area (Å²) in [4.78, 5) is 0. The molecule has 0 aliphatic heterocycles. The molecule has 24 aromatic rings. The van der Waals surface area contributed by atoms with Crippen LogP contribution in [0.15, 0.2) is 425 Å². The molecule has 0 fully saturated rings. The number of para-hydroxylation sites is 2. The molecule has 0 unspecified atom stereocenters. The molecule has 4 heterocycles. The molecule has 4 aliphatic carbocycles. The SMILES string of the molecule is CC1(C)c2ccccc2-c2ccc(-c3ccc4c(c3)c3cc(-c5ccc6c(c5)c5ccccc5n6-c5ccc6c(c5)C(C)(C)c5ccccc5-6)ccc3n4-c3ccc(-c4ccccc4)cc3)cc21.CC1(C)c2ccccc2-c2ccc(-c3ccc4c(c3)c3cc(-c5ccc6c(c5)c5ccccc5n6-c5ccc6c(c5)C(C)(C)c5ccccc5-6)ccc3n4-c3ccc4ccccc4c3)cc21. The zero-order valence-electron chi connectivity index (χ0n) is 76.2. The maximum Gasteiger partial charge on any atom is 0.0541 e. The largest absolute Gasteiger partial charge is 0.309 e. The lowest BCUT2D eigenvalue weighted by molar-refractivity contribution is 0.660. The number of rotatable bonds is 9. The van der Waals surface area contributed by atoms with Gasteiger partial charge in [0.25, 0.3) is 0 Å². The van der Waals surface area contributed by atoms with Gasteiger partial charge in [0.2, 0.25) is 0 Å². The minimum atomic E-state index is -0.0767. The summed E-state index contributed by atoms with van der Waals surface area (Å²) in [6.45, 7) is 18.9. The molecule has 4 aliphatic rings. The summed E-state index contributed by atoms with van der Waals surface area (Å²) in [7, 11) is 0. The fraction of sp³-hybridized carbons (Fsp3) is 0.0923. The summed E-state index contributed by atoms with van der Waals surface area (Å²) in [5.74, 6) is 0. The lowest BCUT2D eigenvalue weighted by Gasteiger charge is -2.22. The first kappa shape index (κ1) is 77.8. The molecule has 4 nitrogen and oxygen atoms in total. The number of benzene rings is 20. The molecule has 0 bridgehead atoms. The average molecular weight is 1710 g/mol. The third kappa shape index (κ3) is 11.4. The lowest BCUT2D eigenvalue weighted by Crippen LogP contribution is -2.15. The van der Waals surface area contributed by atoms with Crippen LogP contribution in [0, 0.1) is 0 Å². The molecular weight excluding hydrogens is 1620 g/mol. The minimum absolute atomic E-state index is 0.0644. The topological polar surface area (TPSA) is 19.7 Å². The molecule has 28 rings (SSSR count). The highest BCUT2D eigenvalue weighted by Crippen LogP contribution is 2.56. The van der Waals surface area contributed by atoms with Gasteiger partial charge in [-0.25, -0.2) is 0 Å². The van der Waals surface area contributed by atoms with Gasteiger partial charge >= 0.3 is 0 Å². The van der Waals surface area contributed by atoms with E-state index in [1.807, 2.05) is 0 Å². The Kier molecular flexibility index (Phi) is 16.6. The number of fused-ring (bicyclic) bond motifs is 25. The molecule has 0 N–H and O–H groups in total. The van der Waals surface area contributed by atoms with Crippen LogP contribution in [0.1, 0.15) is 99.9 Å². The van der Waals surface area contributed by atoms with Gasteiger partial charge < -0.3 is 18.3 Å². The number of aromatic nitrogens is 4. The van der Waals surface area contributed by atoms with Gasteiger partial charge in [0.1, 0.15) is 0 Å². The summed E-state index contributed by atoms with van der Waals surface area (Å²) in [6.07, 6.45) is 0. The van der Waals surface area contributed by atoms with Crippen LogP contribution < -0.4 is 0 Å². The first-order chi connectivity index (χ1) is 65.4. The summed E-state index contributed by atoms with van der Waals surface area (Å²) >= 11 is 0. The standard InChI is InChI=1S/C66H48N2.C64H46N2/c1-65(2)57-19-11-8-16-49(57)51-31-24-46(39-59(51)65)45-27-35-64-56(38-45)55-37-44(26-34-63(55)67(64)47-28-22-42(23-29-47)41-14-6-5-7-15-41)43-25-33-62-54(36-43)53-18-10-13-21-61(53)68(62)48-30-32-52-50-17-9-12-20-58(50)66(3,4)60(52)40-48;1-63(2)55-18-10-7-15-47(55)49-28-22-44(37-57(49)63)43-25-32-62-54(36-43)53-35-42(24-31-61(53)65(62)45-26-21-39-13-5-6-14-40(39)33-45)41-23-30-60-52(34-41)51-17-9-12-20-59(51)66(60)46-27-29-50-48-16-8-11-19-56(48)64(3,4)58(50)38-46/h5-40H,1-4H3;5-38H,1-4H3. The van der Waals surface area contributed by atoms with Crippen molar-refractivity contribution in [3.05, 3.63) is 469 Å². The van der Waals surface area contributed by atoms with Crippen LogP contribution in [0.25, 0.3) is 221 Å². The Morgan fingerprint density at radius 1 is 0.134 bits per heavy atom. The Labute approximate surface area is 779 Å². The molecule has 4 aromatic heterocycles. The molecule has 0 saturated heterocycles. The fourth-order valence-corrected chi connectivity index (χ4v) is 24.4. The molecule has 134 heavy (non-hydrogen) atoms. The fourth-order valence-electron chi connectivity index (χ4n) is 24.4. The molecule has 0 radical (unpaired) electrons. The van der Waals surface area contributed by atoms with Gasteiger partial charge in [0, 0.05) is 87.5 Å². The quantitative estimate of drug-likeness (QED) is 0.137. The molecule has 634 valence electrons. The van der Waals surface area contributed by atoms with E-state index < -0.39 is 0 Å². The number of nitrogens with zero attached hydrogens (tertiary/aromatic N) is 4. The monoisotopic (exact) mass is 1710 g/mol. The minimum Gasteiger partial charge on any atom is -0.309 e. The van der Waals surface area contributed by atoms with Crippen LogP contribution in [-0.4, -0.2) is 18.3 Å². The zero-order chi connectivity index (χ0) is 89.5. The van der Waals surface area contributed by atoms with Crippen molar-refractivity contribution in [3.63, 3.8) is 0 Å². The third-order valence-corrected chi connectivity index (χ3v) is 31.3. The maximum atomic E-state index is 2.47. The second-order valence-electron chi connectivity index (χ2n) is 39.9. The van der Waals surface area contributed by atoms with E-state index in [0.29, 0.717) is 0 Å². The first-order valence-electron chi connectivity index (χ1n) is 47.3. The van der Waals surface area contributed by atoms with Gasteiger partial charge in [-0.1, -0.05) is 334 Å². The summed E-state index contributed by atoms with van der Waals surface area (Å²) in [6, 6.07) is 160. The van der Waals surface area contributed by atoms with E-state index in [0.717, 1.165) is 5.69 Å². The predicted molar refractivity (Wildman–Crippen MR) is 565 cm³/mol. The number of hydrogen-bond acceptors (Lipinski definition) is 0. The van der Waals surface area contributed by atoms with E-state index in [-0.39, 0.29) is 21.7 Å². The van der Waals surface area contributed by atoms with E-state index in [1.54, 1.807) is 0 Å². The van der Waals surface area contributed by atoms with E-state index in [9.17, 15) is 0 Å². The van der Waals surface area contributed by atoms with Crippen molar-refractivity contribution >= 4 is 98.0 Å². The van der Waals surface area contributed by atoms with Gasteiger partial charge in [-0.05, 0) is 301 Å². The van der Waals surface area contributed by atoms with Crippen LogP contribution in [0.5, 0.6) is 0 Å². The Bertz CT molecular complexity index is 9180. The molecule has 0 spiro atoms. The smallest absolute Gasteiger partial charge is 0.0541 e. The second-order valence-corrected chi connectivity index (χ2v) is 39.9. The van der Waals surface area contributed by atoms with Gasteiger partial charge in [0.05, 0.1) is 44.1 Å². The normalized spacial score (nSPS) is 14.2. The highest BCUT2D eigenvalue weighted by atomic mass is 15.0. The Morgan fingerprint density at radius 3 is 0.739 bits per heavy atom. The Morgan fingerprint density at radius 2 is 0.366 bits per heavy atom. The van der Waals surface area contributed by atoms with Gasteiger partial charge in [0.15, 0.2) is 0 Å². The summed E-state index contributed by atoms with van der Waals surface area (Å²) in [5, 5.41) is 12.5. The summed E-state index contributed by atoms with van der Waals surface area (Å²) in [5.41, 5.74) is 48.2. The molecule has 0 amide bonds. The van der Waals surface area contributed by atoms with Crippen molar-refractivity contribution in [1.29, 1.82) is 0 Å². The number of hydrogen-bond donors (Lipinski definition) is 0. The average Bonchev–Trinajstić information content (AvgIpc) is 1.59. The van der Waals surface area contributed by atoms with Crippen LogP contribution >= 0.6 is 0 Å². The molecule has 4 heteroatoms. The van der Waals surface area contributed by atoms with E-state index in [2.05, 4.69) is 498 Å². The zero-order valence-corrected chi connectivity index (χ0v) is 76.2. The molecule has 0 saturated carbocycles. The van der Waals surface area contributed by atoms with Crippen molar-refractivity contribution in [2.24, 2.45) is 0 Å². The molecule has 20 aromatic carbocycles. The maximum absolute atomic E-state index is 2.47. The van der Waals surface area contributed by atoms with Crippen molar-refractivity contribution in [2.75, 3.05) is 0 Å². The van der Waals surface area contributed by atoms with E-state index >= 15 is 0 Å². The van der Waals surface area contributed by atoms with Crippen LogP contribution in [0.4, 0.5) is 0 Å². The highest BCUT2D eigenvalue weighted by Gasteiger charge is 2.40. The van der Waals surface area contributed by atoms with Crippen molar-refractivity contribution in [2.45, 2.75) is 77.0 Å². The van der Waals surface area contributed by atoms with Gasteiger partial charge in [-0.3, -0.25) is 0 Å². The Hall–Kier alpha value is -16.1. The first-order valence-corrected chi connectivity index (χ1v) is 47.3. The van der Waals surface area contributed by atoms with E-state index in [1.165, 1.54) is 260 Å². The van der Waals surface area contributed by atoms with Crippen LogP contribution in [-0.2, 0) is 21.7 Å². The van der Waals surface area contributed by atoms with E-state index in [4.69, 9.17) is 0 Å². The van der Waals surface area contributed by atoms with Crippen molar-refractivity contribution in [3.8, 4) is 123 Å². The molecule has 0 atom stereocenters. The van der Waals surface area contributed by atoms with Crippen molar-refractivity contribution < 1.29 is 0 Å². The van der Waals surface area contributed by atoms with Gasteiger partial charge in [-0.2, -0.15) is 0 Å². The third-order valence-electron chi connectivity index (χ3n) is 31.3.